The van der Waals surface area contributed by atoms with Crippen molar-refractivity contribution in [2.24, 2.45) is 5.73 Å². The number of fused-ring (bicyclic) bond motifs is 1. The van der Waals surface area contributed by atoms with E-state index < -0.39 is 0 Å². The molecule has 0 atom stereocenters. The average molecular weight is 267 g/mol. The number of hydrogen-bond acceptors (Lipinski definition) is 2. The van der Waals surface area contributed by atoms with Crippen LogP contribution in [0.5, 0.6) is 0 Å². The number of nitrogens with two attached hydrogens (primary N) is 1. The maximum Gasteiger partial charge on any atom is 0.120 e. The molecule has 0 saturated carbocycles. The first-order chi connectivity index (χ1) is 9.24. The number of nitrogens with zero attached hydrogens (tertiary/aromatic N) is 2. The Kier molecular flexibility index (Phi) is 3.01. The highest BCUT2D eigenvalue weighted by atomic mass is 32.1. The minimum absolute atomic E-state index is 0.424. The van der Waals surface area contributed by atoms with E-state index in [4.69, 9.17) is 18.0 Å². The standard InChI is InChI=1S/C15H13N3S/c16-15(19)14-4-2-8-18(14)10-11-5-6-13-12(9-11)3-1-7-17-13/h1-9H,10H2,(H2,16,19). The quantitative estimate of drug-likeness (QED) is 0.742. The summed E-state index contributed by atoms with van der Waals surface area (Å²) in [4.78, 5) is 4.74. The van der Waals surface area contributed by atoms with Crippen LogP contribution in [0.3, 0.4) is 0 Å². The highest BCUT2D eigenvalue weighted by Crippen LogP contribution is 2.15. The van der Waals surface area contributed by atoms with Crippen LogP contribution in [-0.2, 0) is 6.54 Å². The molecular formula is C15H13N3S. The first-order valence-electron chi connectivity index (χ1n) is 6.02. The molecule has 94 valence electrons. The Hall–Kier alpha value is -2.20. The van der Waals surface area contributed by atoms with Gasteiger partial charge in [0.05, 0.1) is 11.2 Å². The highest BCUT2D eigenvalue weighted by molar-refractivity contribution is 7.80. The number of rotatable bonds is 3. The molecular weight excluding hydrogens is 254 g/mol. The van der Waals surface area contributed by atoms with E-state index >= 15 is 0 Å². The normalized spacial score (nSPS) is 10.7. The van der Waals surface area contributed by atoms with Crippen LogP contribution in [0.4, 0.5) is 0 Å². The summed E-state index contributed by atoms with van der Waals surface area (Å²) >= 11 is 5.04. The smallest absolute Gasteiger partial charge is 0.120 e. The predicted octanol–water partition coefficient (Wildman–Crippen LogP) is 2.72. The lowest BCUT2D eigenvalue weighted by molar-refractivity contribution is 0.799. The minimum atomic E-state index is 0.424. The molecule has 19 heavy (non-hydrogen) atoms. The van der Waals surface area contributed by atoms with Crippen molar-refractivity contribution in [1.82, 2.24) is 9.55 Å². The zero-order chi connectivity index (χ0) is 13.2. The molecule has 0 aliphatic carbocycles. The Balaban J connectivity index is 1.97. The Bertz CT molecular complexity index is 746. The first kappa shape index (κ1) is 11.9. The van der Waals surface area contributed by atoms with Crippen molar-refractivity contribution < 1.29 is 0 Å². The molecule has 0 aliphatic rings. The third-order valence-electron chi connectivity index (χ3n) is 3.10. The third kappa shape index (κ3) is 2.35. The van der Waals surface area contributed by atoms with Crippen LogP contribution in [0.15, 0.2) is 54.9 Å². The van der Waals surface area contributed by atoms with Crippen LogP contribution in [0.1, 0.15) is 11.3 Å². The second-order valence-electron chi connectivity index (χ2n) is 4.42. The molecule has 0 spiro atoms. The fourth-order valence-corrected chi connectivity index (χ4v) is 2.38. The molecule has 0 saturated heterocycles. The summed E-state index contributed by atoms with van der Waals surface area (Å²) in [5.41, 5.74) is 8.80. The Morgan fingerprint density at radius 1 is 1.21 bits per heavy atom. The van der Waals surface area contributed by atoms with Crippen molar-refractivity contribution in [3.05, 3.63) is 66.1 Å². The second kappa shape index (κ2) is 4.82. The summed E-state index contributed by atoms with van der Waals surface area (Å²) in [5.74, 6) is 0. The van der Waals surface area contributed by atoms with Crippen molar-refractivity contribution in [2.45, 2.75) is 6.54 Å². The maximum atomic E-state index is 5.70. The topological polar surface area (TPSA) is 43.8 Å². The van der Waals surface area contributed by atoms with Crippen molar-refractivity contribution in [1.29, 1.82) is 0 Å². The van der Waals surface area contributed by atoms with Crippen LogP contribution >= 0.6 is 12.2 Å². The van der Waals surface area contributed by atoms with Gasteiger partial charge in [-0.2, -0.15) is 0 Å². The molecule has 0 aliphatic heterocycles. The molecule has 2 aromatic heterocycles. The van der Waals surface area contributed by atoms with Crippen LogP contribution in [0.25, 0.3) is 10.9 Å². The fourth-order valence-electron chi connectivity index (χ4n) is 2.20. The summed E-state index contributed by atoms with van der Waals surface area (Å²) in [7, 11) is 0. The van der Waals surface area contributed by atoms with E-state index in [9.17, 15) is 0 Å². The molecule has 1 aromatic carbocycles. The van der Waals surface area contributed by atoms with Gasteiger partial charge in [-0.3, -0.25) is 4.98 Å². The van der Waals surface area contributed by atoms with Gasteiger partial charge in [0.1, 0.15) is 4.99 Å². The number of benzene rings is 1. The van der Waals surface area contributed by atoms with E-state index in [0.29, 0.717) is 4.99 Å². The Morgan fingerprint density at radius 2 is 2.11 bits per heavy atom. The molecule has 0 fully saturated rings. The Morgan fingerprint density at radius 3 is 2.95 bits per heavy atom. The van der Waals surface area contributed by atoms with Gasteiger partial charge in [-0.05, 0) is 35.9 Å². The molecule has 4 heteroatoms. The van der Waals surface area contributed by atoms with Gasteiger partial charge in [0.15, 0.2) is 0 Å². The van der Waals surface area contributed by atoms with E-state index in [0.717, 1.165) is 23.1 Å². The van der Waals surface area contributed by atoms with Crippen LogP contribution in [-0.4, -0.2) is 14.5 Å². The van der Waals surface area contributed by atoms with Gasteiger partial charge in [0.25, 0.3) is 0 Å². The van der Waals surface area contributed by atoms with Crippen molar-refractivity contribution in [3.8, 4) is 0 Å². The van der Waals surface area contributed by atoms with Gasteiger partial charge < -0.3 is 10.3 Å². The first-order valence-corrected chi connectivity index (χ1v) is 6.43. The summed E-state index contributed by atoms with van der Waals surface area (Å²) in [6, 6.07) is 14.2. The van der Waals surface area contributed by atoms with Crippen LogP contribution in [0, 0.1) is 0 Å². The number of hydrogen-bond donors (Lipinski definition) is 1. The minimum Gasteiger partial charge on any atom is -0.388 e. The zero-order valence-corrected chi connectivity index (χ0v) is 11.1. The van der Waals surface area contributed by atoms with Crippen LogP contribution < -0.4 is 5.73 Å². The molecule has 2 heterocycles. The molecule has 0 amide bonds. The van der Waals surface area contributed by atoms with Crippen molar-refractivity contribution in [2.75, 3.05) is 0 Å². The predicted molar refractivity (Wildman–Crippen MR) is 81.2 cm³/mol. The second-order valence-corrected chi connectivity index (χ2v) is 4.86. The van der Waals surface area contributed by atoms with Crippen molar-refractivity contribution in [3.63, 3.8) is 0 Å². The van der Waals surface area contributed by atoms with E-state index in [1.54, 1.807) is 6.20 Å². The van der Waals surface area contributed by atoms with Crippen molar-refractivity contribution >= 4 is 28.1 Å². The van der Waals surface area contributed by atoms with E-state index in [1.807, 2.05) is 30.5 Å². The summed E-state index contributed by atoms with van der Waals surface area (Å²) in [6.45, 7) is 0.754. The molecule has 3 rings (SSSR count). The van der Waals surface area contributed by atoms with E-state index in [2.05, 4.69) is 27.8 Å². The number of pyridine rings is 1. The summed E-state index contributed by atoms with van der Waals surface area (Å²) < 4.78 is 2.06. The number of aromatic nitrogens is 2. The molecule has 0 radical (unpaired) electrons. The lowest BCUT2D eigenvalue weighted by atomic mass is 10.1. The maximum absolute atomic E-state index is 5.70. The lowest BCUT2D eigenvalue weighted by Crippen LogP contribution is -2.15. The monoisotopic (exact) mass is 267 g/mol. The average Bonchev–Trinajstić information content (AvgIpc) is 2.87. The van der Waals surface area contributed by atoms with E-state index in [-0.39, 0.29) is 0 Å². The summed E-state index contributed by atoms with van der Waals surface area (Å²) in [6.07, 6.45) is 3.79. The van der Waals surface area contributed by atoms with Gasteiger partial charge in [0, 0.05) is 24.3 Å². The van der Waals surface area contributed by atoms with Gasteiger partial charge in [-0.25, -0.2) is 0 Å². The molecule has 3 aromatic rings. The SMILES string of the molecule is NC(=S)c1cccn1Cc1ccc2ncccc2c1. The largest absolute Gasteiger partial charge is 0.388 e. The molecule has 0 unspecified atom stereocenters. The van der Waals surface area contributed by atoms with Gasteiger partial charge in [-0.1, -0.05) is 24.4 Å². The van der Waals surface area contributed by atoms with Gasteiger partial charge >= 0.3 is 0 Å². The summed E-state index contributed by atoms with van der Waals surface area (Å²) in [5, 5.41) is 1.14. The lowest BCUT2D eigenvalue weighted by Gasteiger charge is -2.09. The van der Waals surface area contributed by atoms with Gasteiger partial charge in [-0.15, -0.1) is 0 Å². The van der Waals surface area contributed by atoms with Crippen LogP contribution in [0.2, 0.25) is 0 Å². The third-order valence-corrected chi connectivity index (χ3v) is 3.31. The highest BCUT2D eigenvalue weighted by Gasteiger charge is 2.04. The number of thiocarbonyl (C=S) groups is 1. The van der Waals surface area contributed by atoms with Gasteiger partial charge in [0.2, 0.25) is 0 Å². The Labute approximate surface area is 116 Å². The zero-order valence-electron chi connectivity index (χ0n) is 10.3. The van der Waals surface area contributed by atoms with E-state index in [1.165, 1.54) is 5.56 Å². The fraction of sp³-hybridized carbons (Fsp3) is 0.0667. The molecule has 3 nitrogen and oxygen atoms in total. The molecule has 2 N–H and O–H groups in total. The molecule has 0 bridgehead atoms.